The molecular formula is C15H23BrN2OS. The Bertz CT molecular complexity index is 430. The molecule has 0 bridgehead atoms. The predicted octanol–water partition coefficient (Wildman–Crippen LogP) is 3.13. The van der Waals surface area contributed by atoms with Gasteiger partial charge in [0.1, 0.15) is 0 Å². The summed E-state index contributed by atoms with van der Waals surface area (Å²) in [5, 5.41) is 4.15. The largest absolute Gasteiger partial charge is 0.383 e. The monoisotopic (exact) mass is 358 g/mol. The van der Waals surface area contributed by atoms with Crippen LogP contribution < -0.4 is 10.2 Å². The van der Waals surface area contributed by atoms with Crippen molar-refractivity contribution < 1.29 is 4.74 Å². The molecule has 1 aliphatic rings. The normalized spacial score (nSPS) is 19.4. The van der Waals surface area contributed by atoms with Crippen LogP contribution in [-0.4, -0.2) is 44.4 Å². The van der Waals surface area contributed by atoms with Crippen molar-refractivity contribution in [3.63, 3.8) is 0 Å². The summed E-state index contributed by atoms with van der Waals surface area (Å²) >= 11 is 5.65. The summed E-state index contributed by atoms with van der Waals surface area (Å²) in [4.78, 5) is 2.51. The maximum Gasteiger partial charge on any atom is 0.0587 e. The summed E-state index contributed by atoms with van der Waals surface area (Å²) < 4.78 is 6.22. The van der Waals surface area contributed by atoms with Gasteiger partial charge in [0.05, 0.1) is 6.61 Å². The van der Waals surface area contributed by atoms with E-state index in [1.54, 1.807) is 7.11 Å². The topological polar surface area (TPSA) is 24.5 Å². The van der Waals surface area contributed by atoms with Crippen LogP contribution in [0.3, 0.4) is 0 Å². The van der Waals surface area contributed by atoms with Crippen LogP contribution in [0.2, 0.25) is 0 Å². The average molecular weight is 359 g/mol. The number of nitrogens with one attached hydrogen (secondary N) is 1. The lowest BCUT2D eigenvalue weighted by atomic mass is 10.1. The number of hydrogen-bond acceptors (Lipinski definition) is 4. The molecule has 3 nitrogen and oxygen atoms in total. The van der Waals surface area contributed by atoms with Crippen molar-refractivity contribution in [1.82, 2.24) is 5.32 Å². The fourth-order valence-corrected chi connectivity index (χ4v) is 3.86. The van der Waals surface area contributed by atoms with Gasteiger partial charge >= 0.3 is 0 Å². The van der Waals surface area contributed by atoms with Crippen molar-refractivity contribution in [2.45, 2.75) is 18.7 Å². The Hall–Kier alpha value is -0.230. The summed E-state index contributed by atoms with van der Waals surface area (Å²) in [6, 6.07) is 6.60. The fraction of sp³-hybridized carbons (Fsp3) is 0.600. The number of benzene rings is 1. The Morgan fingerprint density at radius 2 is 2.35 bits per heavy atom. The van der Waals surface area contributed by atoms with E-state index >= 15 is 0 Å². The molecule has 1 unspecified atom stereocenters. The maximum atomic E-state index is 5.08. The zero-order valence-corrected chi connectivity index (χ0v) is 14.6. The smallest absolute Gasteiger partial charge is 0.0587 e. The minimum absolute atomic E-state index is 0.710. The predicted molar refractivity (Wildman–Crippen MR) is 91.9 cm³/mol. The second kappa shape index (κ2) is 8.27. The van der Waals surface area contributed by atoms with Gasteiger partial charge in [0, 0.05) is 54.5 Å². The van der Waals surface area contributed by atoms with Crippen molar-refractivity contribution in [3.8, 4) is 0 Å². The third kappa shape index (κ3) is 4.65. The van der Waals surface area contributed by atoms with E-state index in [0.717, 1.165) is 37.3 Å². The summed E-state index contributed by atoms with van der Waals surface area (Å²) in [5.41, 5.74) is 2.72. The van der Waals surface area contributed by atoms with E-state index in [4.69, 9.17) is 4.74 Å². The molecule has 1 aliphatic heterocycles. The molecule has 1 heterocycles. The van der Waals surface area contributed by atoms with Crippen molar-refractivity contribution in [1.29, 1.82) is 0 Å². The standard InChI is InChI=1S/C15H23BrN2OS/c1-12-11-18(6-8-20-12)15-4-3-14(16)9-13(15)10-17-5-7-19-2/h3-4,9,12,17H,5-8,10-11H2,1-2H3. The number of rotatable bonds is 6. The van der Waals surface area contributed by atoms with Gasteiger partial charge in [-0.05, 0) is 23.8 Å². The Kier molecular flexibility index (Phi) is 6.68. The van der Waals surface area contributed by atoms with Crippen molar-refractivity contribution >= 4 is 33.4 Å². The SMILES string of the molecule is COCCNCc1cc(Br)ccc1N1CCSC(C)C1. The number of hydrogen-bond donors (Lipinski definition) is 1. The molecular weight excluding hydrogens is 336 g/mol. The molecule has 1 saturated heterocycles. The Balaban J connectivity index is 2.06. The van der Waals surface area contributed by atoms with Gasteiger partial charge in [0.15, 0.2) is 0 Å². The zero-order valence-electron chi connectivity index (χ0n) is 12.2. The molecule has 1 fully saturated rings. The van der Waals surface area contributed by atoms with E-state index in [0.29, 0.717) is 5.25 Å². The lowest BCUT2D eigenvalue weighted by Crippen LogP contribution is -2.37. The van der Waals surface area contributed by atoms with E-state index < -0.39 is 0 Å². The first kappa shape index (κ1) is 16.1. The molecule has 2 rings (SSSR count). The molecule has 0 radical (unpaired) electrons. The van der Waals surface area contributed by atoms with Gasteiger partial charge in [-0.1, -0.05) is 22.9 Å². The molecule has 1 aromatic rings. The Morgan fingerprint density at radius 3 is 3.10 bits per heavy atom. The summed E-state index contributed by atoms with van der Waals surface area (Å²) in [5.74, 6) is 1.22. The first-order valence-electron chi connectivity index (χ1n) is 7.05. The lowest BCUT2D eigenvalue weighted by Gasteiger charge is -2.34. The van der Waals surface area contributed by atoms with Gasteiger partial charge in [0.2, 0.25) is 0 Å². The zero-order chi connectivity index (χ0) is 14.4. The Labute approximate surface area is 134 Å². The number of methoxy groups -OCH3 is 1. The number of ether oxygens (including phenoxy) is 1. The molecule has 20 heavy (non-hydrogen) atoms. The van der Waals surface area contributed by atoms with Gasteiger partial charge in [0.25, 0.3) is 0 Å². The highest BCUT2D eigenvalue weighted by Gasteiger charge is 2.19. The highest BCUT2D eigenvalue weighted by molar-refractivity contribution is 9.10. The Morgan fingerprint density at radius 1 is 1.50 bits per heavy atom. The van der Waals surface area contributed by atoms with Crippen LogP contribution in [0.1, 0.15) is 12.5 Å². The van der Waals surface area contributed by atoms with E-state index in [2.05, 4.69) is 63.0 Å². The van der Waals surface area contributed by atoms with Gasteiger partial charge in [-0.15, -0.1) is 0 Å². The van der Waals surface area contributed by atoms with Crippen LogP contribution in [-0.2, 0) is 11.3 Å². The van der Waals surface area contributed by atoms with E-state index in [1.807, 2.05) is 0 Å². The van der Waals surface area contributed by atoms with Crippen LogP contribution in [0.15, 0.2) is 22.7 Å². The second-order valence-electron chi connectivity index (χ2n) is 5.07. The van der Waals surface area contributed by atoms with Gasteiger partial charge in [-0.3, -0.25) is 0 Å². The molecule has 0 amide bonds. The van der Waals surface area contributed by atoms with Crippen LogP contribution in [0.25, 0.3) is 0 Å². The summed E-state index contributed by atoms with van der Waals surface area (Å²) in [6.07, 6.45) is 0. The van der Waals surface area contributed by atoms with Gasteiger partial charge in [-0.25, -0.2) is 0 Å². The van der Waals surface area contributed by atoms with Crippen molar-refractivity contribution in [3.05, 3.63) is 28.2 Å². The summed E-state index contributed by atoms with van der Waals surface area (Å²) in [6.45, 7) is 7.11. The quantitative estimate of drug-likeness (QED) is 0.789. The minimum atomic E-state index is 0.710. The maximum absolute atomic E-state index is 5.08. The van der Waals surface area contributed by atoms with Crippen molar-refractivity contribution in [2.24, 2.45) is 0 Å². The number of anilines is 1. The van der Waals surface area contributed by atoms with Crippen LogP contribution in [0.5, 0.6) is 0 Å². The van der Waals surface area contributed by atoms with E-state index in [-0.39, 0.29) is 0 Å². The van der Waals surface area contributed by atoms with E-state index in [1.165, 1.54) is 17.0 Å². The van der Waals surface area contributed by atoms with Crippen LogP contribution >= 0.6 is 27.7 Å². The third-order valence-electron chi connectivity index (χ3n) is 3.42. The minimum Gasteiger partial charge on any atom is -0.383 e. The molecule has 112 valence electrons. The van der Waals surface area contributed by atoms with Crippen LogP contribution in [0, 0.1) is 0 Å². The van der Waals surface area contributed by atoms with E-state index in [9.17, 15) is 0 Å². The number of halogens is 1. The molecule has 0 aromatic heterocycles. The molecule has 5 heteroatoms. The highest BCUT2D eigenvalue weighted by Crippen LogP contribution is 2.29. The molecule has 0 saturated carbocycles. The van der Waals surface area contributed by atoms with Crippen molar-refractivity contribution in [2.75, 3.05) is 44.0 Å². The summed E-state index contributed by atoms with van der Waals surface area (Å²) in [7, 11) is 1.74. The van der Waals surface area contributed by atoms with Gasteiger partial charge in [-0.2, -0.15) is 11.8 Å². The molecule has 1 aromatic carbocycles. The number of thioether (sulfide) groups is 1. The van der Waals surface area contributed by atoms with Crippen LogP contribution in [0.4, 0.5) is 5.69 Å². The number of nitrogens with zero attached hydrogens (tertiary/aromatic N) is 1. The fourth-order valence-electron chi connectivity index (χ4n) is 2.44. The first-order valence-corrected chi connectivity index (χ1v) is 8.89. The first-order chi connectivity index (χ1) is 9.70. The molecule has 0 spiro atoms. The lowest BCUT2D eigenvalue weighted by molar-refractivity contribution is 0.199. The molecule has 1 N–H and O–H groups in total. The highest BCUT2D eigenvalue weighted by atomic mass is 79.9. The second-order valence-corrected chi connectivity index (χ2v) is 7.53. The average Bonchev–Trinajstić information content (AvgIpc) is 2.44. The third-order valence-corrected chi connectivity index (χ3v) is 5.05. The van der Waals surface area contributed by atoms with Gasteiger partial charge < -0.3 is 15.0 Å². The molecule has 0 aliphatic carbocycles. The molecule has 1 atom stereocenters.